The standard InChI is InChI=1S/C24H23ClN2O4S/c1-17-7-10-20(11-8-17)32(29,30)27-16-23(31-22-12-9-19(25)15-21(22)27)24(28)26-14-13-18-5-3-2-4-6-18/h2-12,15,23H,13-14,16H2,1H3,(H,26,28)/t23-/m0/s1. The van der Waals surface area contributed by atoms with Crippen molar-refractivity contribution in [3.63, 3.8) is 0 Å². The second-order valence-corrected chi connectivity index (χ2v) is 9.89. The summed E-state index contributed by atoms with van der Waals surface area (Å²) < 4.78 is 33.9. The first-order valence-corrected chi connectivity index (χ1v) is 12.0. The van der Waals surface area contributed by atoms with E-state index in [9.17, 15) is 13.2 Å². The average Bonchev–Trinajstić information content (AvgIpc) is 2.79. The smallest absolute Gasteiger partial charge is 0.264 e. The zero-order chi connectivity index (χ0) is 22.7. The third-order valence-electron chi connectivity index (χ3n) is 5.25. The molecule has 1 amide bonds. The Kier molecular flexibility index (Phi) is 6.39. The third kappa shape index (κ3) is 4.74. The number of amides is 1. The summed E-state index contributed by atoms with van der Waals surface area (Å²) in [5, 5.41) is 3.23. The van der Waals surface area contributed by atoms with E-state index in [2.05, 4.69) is 5.32 Å². The lowest BCUT2D eigenvalue weighted by atomic mass is 10.1. The van der Waals surface area contributed by atoms with Gasteiger partial charge in [0.25, 0.3) is 15.9 Å². The Morgan fingerprint density at radius 1 is 1.09 bits per heavy atom. The van der Waals surface area contributed by atoms with E-state index in [4.69, 9.17) is 16.3 Å². The molecular weight excluding hydrogens is 448 g/mol. The molecule has 1 heterocycles. The fourth-order valence-electron chi connectivity index (χ4n) is 3.51. The Bertz CT molecular complexity index is 1210. The highest BCUT2D eigenvalue weighted by Gasteiger charge is 2.37. The van der Waals surface area contributed by atoms with Gasteiger partial charge in [-0.15, -0.1) is 0 Å². The average molecular weight is 471 g/mol. The van der Waals surface area contributed by atoms with Gasteiger partial charge in [-0.2, -0.15) is 0 Å². The third-order valence-corrected chi connectivity index (χ3v) is 7.28. The number of hydrogen-bond acceptors (Lipinski definition) is 4. The summed E-state index contributed by atoms with van der Waals surface area (Å²) in [6.07, 6.45) is -0.323. The molecule has 1 N–H and O–H groups in total. The predicted molar refractivity (Wildman–Crippen MR) is 125 cm³/mol. The van der Waals surface area contributed by atoms with Gasteiger partial charge in [-0.3, -0.25) is 9.10 Å². The topological polar surface area (TPSA) is 75.7 Å². The van der Waals surface area contributed by atoms with Crippen molar-refractivity contribution >= 4 is 33.2 Å². The van der Waals surface area contributed by atoms with Crippen molar-refractivity contribution in [1.82, 2.24) is 5.32 Å². The van der Waals surface area contributed by atoms with Crippen LogP contribution >= 0.6 is 11.6 Å². The molecule has 8 heteroatoms. The van der Waals surface area contributed by atoms with Gasteiger partial charge in [0.1, 0.15) is 5.75 Å². The molecule has 1 aliphatic heterocycles. The van der Waals surface area contributed by atoms with Crippen LogP contribution in [0.25, 0.3) is 0 Å². The van der Waals surface area contributed by atoms with E-state index in [1.165, 1.54) is 10.4 Å². The number of carbonyl (C=O) groups is 1. The molecule has 0 spiro atoms. The van der Waals surface area contributed by atoms with E-state index in [0.717, 1.165) is 11.1 Å². The number of benzene rings is 3. The number of nitrogens with one attached hydrogen (secondary N) is 1. The first kappa shape index (κ1) is 22.2. The fourth-order valence-corrected chi connectivity index (χ4v) is 5.15. The van der Waals surface area contributed by atoms with Crippen molar-refractivity contribution in [3.05, 3.63) is 88.9 Å². The van der Waals surface area contributed by atoms with E-state index >= 15 is 0 Å². The van der Waals surface area contributed by atoms with Crippen LogP contribution in [0.4, 0.5) is 5.69 Å². The van der Waals surface area contributed by atoms with Gasteiger partial charge in [0, 0.05) is 11.6 Å². The van der Waals surface area contributed by atoms with Crippen LogP contribution in [-0.2, 0) is 21.2 Å². The molecule has 0 radical (unpaired) electrons. The van der Waals surface area contributed by atoms with Gasteiger partial charge in [-0.05, 0) is 49.2 Å². The summed E-state index contributed by atoms with van der Waals surface area (Å²) in [5.41, 5.74) is 2.36. The molecular formula is C24H23ClN2O4S. The molecule has 0 saturated heterocycles. The minimum atomic E-state index is -3.92. The Labute approximate surface area is 192 Å². The number of ether oxygens (including phenoxy) is 1. The van der Waals surface area contributed by atoms with Crippen LogP contribution in [0.5, 0.6) is 5.75 Å². The van der Waals surface area contributed by atoms with Gasteiger partial charge in [0.15, 0.2) is 6.10 Å². The van der Waals surface area contributed by atoms with Crippen molar-refractivity contribution in [2.75, 3.05) is 17.4 Å². The molecule has 3 aromatic rings. The zero-order valence-electron chi connectivity index (χ0n) is 17.5. The number of nitrogens with zero attached hydrogens (tertiary/aromatic N) is 1. The van der Waals surface area contributed by atoms with Gasteiger partial charge in [0.05, 0.1) is 17.1 Å². The molecule has 0 bridgehead atoms. The van der Waals surface area contributed by atoms with E-state index in [1.807, 2.05) is 37.3 Å². The van der Waals surface area contributed by atoms with Gasteiger partial charge in [-0.25, -0.2) is 8.42 Å². The first-order chi connectivity index (χ1) is 15.3. The van der Waals surface area contributed by atoms with Gasteiger partial charge in [0.2, 0.25) is 0 Å². The maximum atomic E-state index is 13.4. The molecule has 0 fully saturated rings. The lowest BCUT2D eigenvalue weighted by Gasteiger charge is -2.35. The summed E-state index contributed by atoms with van der Waals surface area (Å²) in [6, 6.07) is 21.1. The molecule has 1 aliphatic rings. The Balaban J connectivity index is 1.57. The summed E-state index contributed by atoms with van der Waals surface area (Å²) in [7, 11) is -3.92. The van der Waals surface area contributed by atoms with Gasteiger partial charge < -0.3 is 10.1 Å². The van der Waals surface area contributed by atoms with Crippen molar-refractivity contribution in [3.8, 4) is 5.75 Å². The molecule has 0 saturated carbocycles. The highest BCUT2D eigenvalue weighted by molar-refractivity contribution is 7.92. The zero-order valence-corrected chi connectivity index (χ0v) is 19.1. The summed E-state index contributed by atoms with van der Waals surface area (Å²) in [5.74, 6) is -0.0785. The van der Waals surface area contributed by atoms with Crippen LogP contribution in [0.3, 0.4) is 0 Å². The summed E-state index contributed by atoms with van der Waals surface area (Å²) in [4.78, 5) is 13.0. The minimum absolute atomic E-state index is 0.138. The van der Waals surface area contributed by atoms with Crippen LogP contribution < -0.4 is 14.4 Å². The van der Waals surface area contributed by atoms with Crippen molar-refractivity contribution < 1.29 is 17.9 Å². The summed E-state index contributed by atoms with van der Waals surface area (Å²) in [6.45, 7) is 2.15. The van der Waals surface area contributed by atoms with E-state index in [1.54, 1.807) is 36.4 Å². The number of carbonyl (C=O) groups excluding carboxylic acids is 1. The lowest BCUT2D eigenvalue weighted by Crippen LogP contribution is -2.51. The Morgan fingerprint density at radius 3 is 2.53 bits per heavy atom. The number of hydrogen-bond donors (Lipinski definition) is 1. The molecule has 4 rings (SSSR count). The molecule has 0 unspecified atom stereocenters. The number of anilines is 1. The van der Waals surface area contributed by atoms with Crippen LogP contribution in [0.2, 0.25) is 5.02 Å². The van der Waals surface area contributed by atoms with Gasteiger partial charge >= 0.3 is 0 Å². The highest BCUT2D eigenvalue weighted by Crippen LogP contribution is 2.38. The molecule has 0 aliphatic carbocycles. The second-order valence-electron chi connectivity index (χ2n) is 7.59. The summed E-state index contributed by atoms with van der Waals surface area (Å²) >= 11 is 6.13. The SMILES string of the molecule is Cc1ccc(S(=O)(=O)N2C[C@@H](C(=O)NCCc3ccccc3)Oc3ccc(Cl)cc32)cc1. The normalized spacial score (nSPS) is 15.6. The Hall–Kier alpha value is -3.03. The molecule has 1 atom stereocenters. The number of fused-ring (bicyclic) bond motifs is 1. The van der Waals surface area contributed by atoms with E-state index in [-0.39, 0.29) is 17.3 Å². The number of rotatable bonds is 6. The molecule has 6 nitrogen and oxygen atoms in total. The number of halogens is 1. The molecule has 0 aromatic heterocycles. The van der Waals surface area contributed by atoms with Crippen molar-refractivity contribution in [2.24, 2.45) is 0 Å². The van der Waals surface area contributed by atoms with Gasteiger partial charge in [-0.1, -0.05) is 59.6 Å². The lowest BCUT2D eigenvalue weighted by molar-refractivity contribution is -0.127. The molecule has 166 valence electrons. The number of sulfonamides is 1. The van der Waals surface area contributed by atoms with Crippen LogP contribution in [-0.4, -0.2) is 33.5 Å². The quantitative estimate of drug-likeness (QED) is 0.591. The van der Waals surface area contributed by atoms with Crippen LogP contribution in [0.15, 0.2) is 77.7 Å². The van der Waals surface area contributed by atoms with E-state index in [0.29, 0.717) is 29.4 Å². The first-order valence-electron chi connectivity index (χ1n) is 10.2. The largest absolute Gasteiger partial charge is 0.476 e. The maximum Gasteiger partial charge on any atom is 0.264 e. The van der Waals surface area contributed by atoms with Crippen molar-refractivity contribution in [2.45, 2.75) is 24.3 Å². The molecule has 3 aromatic carbocycles. The van der Waals surface area contributed by atoms with Crippen LogP contribution in [0.1, 0.15) is 11.1 Å². The second kappa shape index (κ2) is 9.22. The monoisotopic (exact) mass is 470 g/mol. The Morgan fingerprint density at radius 2 is 1.81 bits per heavy atom. The predicted octanol–water partition coefficient (Wildman–Crippen LogP) is 3.96. The number of aryl methyl sites for hydroxylation is 1. The van der Waals surface area contributed by atoms with E-state index < -0.39 is 16.1 Å². The molecule has 32 heavy (non-hydrogen) atoms. The van der Waals surface area contributed by atoms with Crippen molar-refractivity contribution in [1.29, 1.82) is 0 Å². The van der Waals surface area contributed by atoms with Crippen LogP contribution in [0, 0.1) is 6.92 Å². The minimum Gasteiger partial charge on any atom is -0.476 e. The maximum absolute atomic E-state index is 13.4. The fraction of sp³-hybridized carbons (Fsp3) is 0.208. The highest BCUT2D eigenvalue weighted by atomic mass is 35.5.